The summed E-state index contributed by atoms with van der Waals surface area (Å²) in [6, 6.07) is 30.0. The van der Waals surface area contributed by atoms with Crippen LogP contribution in [0.25, 0.3) is 0 Å². The average molecular weight is 529 g/mol. The van der Waals surface area contributed by atoms with Crippen molar-refractivity contribution in [3.8, 4) is 5.75 Å². The molecule has 0 N–H and O–H groups in total. The van der Waals surface area contributed by atoms with Gasteiger partial charge < -0.3 is 4.74 Å². The van der Waals surface area contributed by atoms with E-state index in [2.05, 4.69) is 72.8 Å². The molecule has 3 aromatic carbocycles. The van der Waals surface area contributed by atoms with Crippen LogP contribution in [0.3, 0.4) is 0 Å². The Labute approximate surface area is 162 Å². The minimum atomic E-state index is -11.2. The molecule has 0 amide bonds. The van der Waals surface area contributed by atoms with E-state index < -0.39 is 27.4 Å². The molecule has 0 spiro atoms. The van der Waals surface area contributed by atoms with Crippen molar-refractivity contribution in [2.45, 2.75) is 0 Å². The van der Waals surface area contributed by atoms with Crippen molar-refractivity contribution in [3.63, 3.8) is 0 Å². The van der Waals surface area contributed by atoms with E-state index in [0.29, 0.717) is 0 Å². The second kappa shape index (κ2) is 7.96. The van der Waals surface area contributed by atoms with Gasteiger partial charge in [0.2, 0.25) is 0 Å². The van der Waals surface area contributed by atoms with Gasteiger partial charge in [0, 0.05) is 0 Å². The van der Waals surface area contributed by atoms with Gasteiger partial charge in [-0.1, -0.05) is 36.4 Å². The molecule has 3 aromatic rings. The summed E-state index contributed by atoms with van der Waals surface area (Å²) < 4.78 is 64.8. The molecule has 152 valence electrons. The SMILES string of the molecule is COc1ccc([PH+](c2ccccc2)c2ccccc2)cc1.[F][Sb-]([F])([F])([F])([F])[F]. The zero-order valence-corrected chi connectivity index (χ0v) is 18.3. The third kappa shape index (κ3) is 8.99. The van der Waals surface area contributed by atoms with Gasteiger partial charge in [0.15, 0.2) is 0 Å². The predicted octanol–water partition coefficient (Wildman–Crippen LogP) is 5.33. The van der Waals surface area contributed by atoms with Gasteiger partial charge in [0.25, 0.3) is 0 Å². The summed E-state index contributed by atoms with van der Waals surface area (Å²) in [7, 11) is 0.746. The normalized spacial score (nSPS) is 13.7. The van der Waals surface area contributed by atoms with E-state index in [1.807, 2.05) is 12.1 Å². The van der Waals surface area contributed by atoms with Crippen LogP contribution >= 0.6 is 7.92 Å². The first-order valence-corrected chi connectivity index (χ1v) is 15.3. The van der Waals surface area contributed by atoms with E-state index in [1.54, 1.807) is 7.11 Å². The molecular weight excluding hydrogens is 511 g/mol. The van der Waals surface area contributed by atoms with Crippen LogP contribution < -0.4 is 20.7 Å². The molecule has 0 fully saturated rings. The third-order valence-electron chi connectivity index (χ3n) is 3.50. The molecule has 0 saturated heterocycles. The molecule has 0 bridgehead atoms. The van der Waals surface area contributed by atoms with Crippen molar-refractivity contribution in [3.05, 3.63) is 84.9 Å². The number of hydrogen-bond acceptors (Lipinski definition) is 1. The van der Waals surface area contributed by atoms with Crippen molar-refractivity contribution in [2.75, 3.05) is 7.11 Å². The van der Waals surface area contributed by atoms with Gasteiger partial charge >= 0.3 is 36.4 Å². The number of ether oxygens (including phenoxy) is 1. The van der Waals surface area contributed by atoms with Crippen LogP contribution in [0.2, 0.25) is 0 Å². The Hall–Kier alpha value is -1.71. The summed E-state index contributed by atoms with van der Waals surface area (Å²) in [4.78, 5) is 0. The number of methoxy groups -OCH3 is 1. The first-order valence-electron chi connectivity index (χ1n) is 8.02. The van der Waals surface area contributed by atoms with Crippen LogP contribution in [0.5, 0.6) is 5.75 Å². The summed E-state index contributed by atoms with van der Waals surface area (Å²) in [5.41, 5.74) is 0. The molecule has 0 saturated carbocycles. The number of benzene rings is 3. The van der Waals surface area contributed by atoms with E-state index >= 15 is 0 Å². The Morgan fingerprint density at radius 3 is 1.21 bits per heavy atom. The molecule has 0 aliphatic heterocycles. The Morgan fingerprint density at radius 2 is 0.893 bits per heavy atom. The second-order valence-electron chi connectivity index (χ2n) is 5.79. The summed E-state index contributed by atoms with van der Waals surface area (Å²) in [6.07, 6.45) is 0. The minimum absolute atomic E-state index is 0.904. The van der Waals surface area contributed by atoms with Gasteiger partial charge in [-0.15, -0.1) is 0 Å². The average Bonchev–Trinajstić information content (AvgIpc) is 2.62. The second-order valence-corrected chi connectivity index (χ2v) is 13.7. The van der Waals surface area contributed by atoms with Crippen molar-refractivity contribution >= 4 is 43.3 Å². The first-order chi connectivity index (χ1) is 12.8. The molecule has 0 radical (unpaired) electrons. The molecule has 0 unspecified atom stereocenters. The standard InChI is InChI=1S/C19H17OP.6FH.Sb/c1-20-16-12-14-19(15-13-16)21(17-8-4-2-5-9-17)18-10-6-3-7-11-18;;;;;;;/h2-15H,1H3;6*1H;/q;;;;;;;+5/p-5. The molecule has 0 aromatic heterocycles. The van der Waals surface area contributed by atoms with Crippen molar-refractivity contribution in [1.29, 1.82) is 0 Å². The third-order valence-corrected chi connectivity index (χ3v) is 6.24. The van der Waals surface area contributed by atoms with Crippen molar-refractivity contribution < 1.29 is 21.6 Å². The van der Waals surface area contributed by atoms with E-state index in [0.717, 1.165) is 5.75 Å². The molecule has 0 aliphatic rings. The first kappa shape index (κ1) is 22.6. The Kier molecular flexibility index (Phi) is 6.42. The zero-order valence-electron chi connectivity index (χ0n) is 14.7. The monoisotopic (exact) mass is 528 g/mol. The zero-order chi connectivity index (χ0) is 20.9. The van der Waals surface area contributed by atoms with Crippen molar-refractivity contribution in [2.24, 2.45) is 0 Å². The van der Waals surface area contributed by atoms with E-state index in [1.165, 1.54) is 15.9 Å². The fraction of sp³-hybridized carbons (Fsp3) is 0.0526. The summed E-state index contributed by atoms with van der Waals surface area (Å²) in [5, 5.41) is 4.18. The van der Waals surface area contributed by atoms with Crippen LogP contribution in [0, 0.1) is 0 Å². The molecular formula is C19H18F6OPSb. The molecule has 28 heavy (non-hydrogen) atoms. The number of hydrogen-bond donors (Lipinski definition) is 0. The van der Waals surface area contributed by atoms with Crippen LogP contribution in [-0.4, -0.2) is 26.6 Å². The molecule has 9 heteroatoms. The summed E-state index contributed by atoms with van der Waals surface area (Å²) >= 11 is -11.2. The van der Waals surface area contributed by atoms with Gasteiger partial charge in [0.1, 0.15) is 21.7 Å². The summed E-state index contributed by atoms with van der Waals surface area (Å²) in [5.74, 6) is 0.904. The Bertz CT molecular complexity index is 834. The van der Waals surface area contributed by atoms with Gasteiger partial charge in [-0.25, -0.2) is 0 Å². The van der Waals surface area contributed by atoms with Crippen LogP contribution in [0.4, 0.5) is 16.9 Å². The maximum absolute atomic E-state index is 11.2. The Morgan fingerprint density at radius 1 is 0.571 bits per heavy atom. The van der Waals surface area contributed by atoms with Gasteiger partial charge in [-0.05, 0) is 48.5 Å². The maximum atomic E-state index is 9.93. The van der Waals surface area contributed by atoms with Crippen LogP contribution in [0.15, 0.2) is 84.9 Å². The number of halogens is 6. The molecule has 1 nitrogen and oxygen atoms in total. The fourth-order valence-corrected chi connectivity index (χ4v) is 5.02. The quantitative estimate of drug-likeness (QED) is 0.253. The van der Waals surface area contributed by atoms with E-state index in [-0.39, 0.29) is 0 Å². The van der Waals surface area contributed by atoms with Gasteiger partial charge in [-0.3, -0.25) is 0 Å². The van der Waals surface area contributed by atoms with Gasteiger partial charge in [0.05, 0.1) is 15.0 Å². The van der Waals surface area contributed by atoms with Crippen LogP contribution in [-0.2, 0) is 0 Å². The predicted molar refractivity (Wildman–Crippen MR) is 105 cm³/mol. The van der Waals surface area contributed by atoms with Crippen LogP contribution in [0.1, 0.15) is 0 Å². The molecule has 0 aliphatic carbocycles. The molecule has 0 atom stereocenters. The summed E-state index contributed by atoms with van der Waals surface area (Å²) in [6.45, 7) is 0. The molecule has 0 heterocycles. The Balaban J connectivity index is 0.000000345. The van der Waals surface area contributed by atoms with E-state index in [4.69, 9.17) is 4.74 Å². The molecule has 3 rings (SSSR count). The van der Waals surface area contributed by atoms with Gasteiger partial charge in [-0.2, -0.15) is 0 Å². The fourth-order valence-electron chi connectivity index (χ4n) is 2.47. The topological polar surface area (TPSA) is 9.23 Å². The van der Waals surface area contributed by atoms with E-state index in [9.17, 15) is 16.9 Å². The van der Waals surface area contributed by atoms with Crippen molar-refractivity contribution in [1.82, 2.24) is 0 Å². The number of rotatable bonds is 4.